The van der Waals surface area contributed by atoms with E-state index in [0.29, 0.717) is 23.2 Å². The summed E-state index contributed by atoms with van der Waals surface area (Å²) in [5, 5.41) is 16.5. The third-order valence-electron chi connectivity index (χ3n) is 3.47. The Morgan fingerprint density at radius 3 is 2.16 bits per heavy atom. The standard InChI is InChI=1S/C14H16ClN3O4S2.C2HF3O2/c1-3-18(4-2)13-10(14(19)20)7-9(8-16-13)17-24(21,22)12-6-5-11(15)23-12;3-2(4,5)1(6)7/h5-8,17H,3-4H2,1-2H3,(H,19,20);(H,6,7). The molecule has 0 bridgehead atoms. The van der Waals surface area contributed by atoms with Gasteiger partial charge in [-0.15, -0.1) is 11.3 Å². The minimum absolute atomic E-state index is 0.0391. The first kappa shape index (κ1) is 26.5. The number of aromatic carboxylic acids is 1. The molecule has 0 saturated heterocycles. The molecule has 0 aliphatic heterocycles. The lowest BCUT2D eigenvalue weighted by atomic mass is 10.2. The smallest absolute Gasteiger partial charge is 0.478 e. The van der Waals surface area contributed by atoms with Gasteiger partial charge in [0.1, 0.15) is 15.6 Å². The molecule has 0 aromatic carbocycles. The maximum Gasteiger partial charge on any atom is 0.490 e. The van der Waals surface area contributed by atoms with Gasteiger partial charge in [-0.25, -0.2) is 23.0 Å². The van der Waals surface area contributed by atoms with Gasteiger partial charge in [-0.2, -0.15) is 13.2 Å². The summed E-state index contributed by atoms with van der Waals surface area (Å²) in [5.74, 6) is -3.63. The molecule has 0 radical (unpaired) electrons. The van der Waals surface area contributed by atoms with E-state index in [-0.39, 0.29) is 15.5 Å². The van der Waals surface area contributed by atoms with Crippen LogP contribution < -0.4 is 9.62 Å². The molecule has 15 heteroatoms. The Labute approximate surface area is 184 Å². The zero-order chi connectivity index (χ0) is 24.0. The number of nitrogens with one attached hydrogen (secondary N) is 1. The number of thiophene rings is 1. The number of halogens is 4. The first-order valence-electron chi connectivity index (χ1n) is 8.29. The second-order valence-corrected chi connectivity index (χ2v) is 9.16. The molecule has 2 aromatic heterocycles. The van der Waals surface area contributed by atoms with Gasteiger partial charge in [-0.3, -0.25) is 4.72 Å². The topological polar surface area (TPSA) is 137 Å². The molecule has 31 heavy (non-hydrogen) atoms. The lowest BCUT2D eigenvalue weighted by Gasteiger charge is -2.21. The number of sulfonamides is 1. The second kappa shape index (κ2) is 10.6. The van der Waals surface area contributed by atoms with E-state index in [4.69, 9.17) is 21.5 Å². The molecule has 2 heterocycles. The molecule has 2 aromatic rings. The van der Waals surface area contributed by atoms with Crippen LogP contribution in [0.5, 0.6) is 0 Å². The minimum Gasteiger partial charge on any atom is -0.478 e. The van der Waals surface area contributed by atoms with E-state index in [0.717, 1.165) is 11.3 Å². The third-order valence-corrected chi connectivity index (χ3v) is 6.57. The average molecular weight is 504 g/mol. The molecular weight excluding hydrogens is 487 g/mol. The maximum atomic E-state index is 12.3. The van der Waals surface area contributed by atoms with Crippen LogP contribution in [0.4, 0.5) is 24.7 Å². The predicted octanol–water partition coefficient (Wildman–Crippen LogP) is 3.78. The second-order valence-electron chi connectivity index (χ2n) is 5.54. The van der Waals surface area contributed by atoms with E-state index in [1.54, 1.807) is 4.90 Å². The Hall–Kier alpha value is -2.58. The molecule has 0 aliphatic carbocycles. The molecule has 0 fully saturated rings. The van der Waals surface area contributed by atoms with Crippen LogP contribution in [0.1, 0.15) is 24.2 Å². The number of nitrogens with zero attached hydrogens (tertiary/aromatic N) is 2. The van der Waals surface area contributed by atoms with Gasteiger partial charge < -0.3 is 15.1 Å². The summed E-state index contributed by atoms with van der Waals surface area (Å²) in [6.45, 7) is 4.94. The van der Waals surface area contributed by atoms with Crippen molar-refractivity contribution in [2.75, 3.05) is 22.7 Å². The maximum absolute atomic E-state index is 12.3. The van der Waals surface area contributed by atoms with Crippen molar-refractivity contribution in [3.63, 3.8) is 0 Å². The number of carboxylic acid groups (broad SMARTS) is 2. The Balaban J connectivity index is 0.000000592. The van der Waals surface area contributed by atoms with E-state index in [2.05, 4.69) is 9.71 Å². The van der Waals surface area contributed by atoms with E-state index >= 15 is 0 Å². The number of anilines is 2. The summed E-state index contributed by atoms with van der Waals surface area (Å²) in [5.41, 5.74) is 0.0101. The summed E-state index contributed by atoms with van der Waals surface area (Å²) in [6, 6.07) is 4.12. The monoisotopic (exact) mass is 503 g/mol. The van der Waals surface area contributed by atoms with Crippen LogP contribution in [0.2, 0.25) is 4.34 Å². The van der Waals surface area contributed by atoms with Crippen LogP contribution in [0.15, 0.2) is 28.6 Å². The number of rotatable bonds is 7. The first-order valence-corrected chi connectivity index (χ1v) is 11.0. The van der Waals surface area contributed by atoms with Gasteiger partial charge in [-0.1, -0.05) is 11.6 Å². The molecule has 0 atom stereocenters. The zero-order valence-corrected chi connectivity index (χ0v) is 18.4. The number of alkyl halides is 3. The molecule has 0 aliphatic rings. The van der Waals surface area contributed by atoms with Crippen LogP contribution in [0.3, 0.4) is 0 Å². The van der Waals surface area contributed by atoms with E-state index in [9.17, 15) is 31.5 Å². The average Bonchev–Trinajstić information content (AvgIpc) is 3.10. The Morgan fingerprint density at radius 1 is 1.23 bits per heavy atom. The fourth-order valence-corrected chi connectivity index (χ4v) is 4.61. The summed E-state index contributed by atoms with van der Waals surface area (Å²) >= 11 is 6.66. The van der Waals surface area contributed by atoms with E-state index < -0.39 is 28.1 Å². The van der Waals surface area contributed by atoms with Crippen LogP contribution in [-0.4, -0.2) is 54.8 Å². The van der Waals surface area contributed by atoms with Gasteiger partial charge in [0.25, 0.3) is 10.0 Å². The van der Waals surface area contributed by atoms with Crippen LogP contribution >= 0.6 is 22.9 Å². The molecule has 3 N–H and O–H groups in total. The highest BCUT2D eigenvalue weighted by molar-refractivity contribution is 7.94. The lowest BCUT2D eigenvalue weighted by molar-refractivity contribution is -0.192. The molecular formula is C16H17ClF3N3O6S2. The van der Waals surface area contributed by atoms with Gasteiger partial charge >= 0.3 is 18.1 Å². The van der Waals surface area contributed by atoms with Crippen LogP contribution in [0.25, 0.3) is 0 Å². The van der Waals surface area contributed by atoms with Crippen molar-refractivity contribution in [1.29, 1.82) is 0 Å². The number of hydrogen-bond acceptors (Lipinski definition) is 7. The van der Waals surface area contributed by atoms with Crippen molar-refractivity contribution in [3.8, 4) is 0 Å². The SMILES string of the molecule is CCN(CC)c1ncc(NS(=O)(=O)c2ccc(Cl)s2)cc1C(=O)O.O=C(O)C(F)(F)F. The number of carbonyl (C=O) groups is 2. The van der Waals surface area contributed by atoms with Crippen LogP contribution in [-0.2, 0) is 14.8 Å². The first-order chi connectivity index (χ1) is 14.2. The normalized spacial score (nSPS) is 11.3. The highest BCUT2D eigenvalue weighted by Gasteiger charge is 2.38. The Bertz CT molecular complexity index is 1040. The van der Waals surface area contributed by atoms with Crippen molar-refractivity contribution in [2.24, 2.45) is 0 Å². The van der Waals surface area contributed by atoms with Gasteiger partial charge in [0, 0.05) is 13.1 Å². The molecule has 0 unspecified atom stereocenters. The zero-order valence-electron chi connectivity index (χ0n) is 16.0. The largest absolute Gasteiger partial charge is 0.490 e. The Kier molecular flexibility index (Phi) is 9.08. The fraction of sp³-hybridized carbons (Fsp3) is 0.312. The number of aliphatic carboxylic acids is 1. The van der Waals surface area contributed by atoms with Gasteiger partial charge in [-0.05, 0) is 32.0 Å². The summed E-state index contributed by atoms with van der Waals surface area (Å²) in [4.78, 5) is 26.3. The van der Waals surface area contributed by atoms with Crippen molar-refractivity contribution < 1.29 is 41.4 Å². The fourth-order valence-electron chi connectivity index (χ4n) is 2.09. The number of pyridine rings is 1. The molecule has 0 saturated carbocycles. The number of carboxylic acids is 2. The molecule has 0 spiro atoms. The van der Waals surface area contributed by atoms with Crippen molar-refractivity contribution in [1.82, 2.24) is 4.98 Å². The van der Waals surface area contributed by atoms with E-state index in [1.165, 1.54) is 24.4 Å². The van der Waals surface area contributed by atoms with Crippen molar-refractivity contribution in [2.45, 2.75) is 24.2 Å². The van der Waals surface area contributed by atoms with Gasteiger partial charge in [0.2, 0.25) is 0 Å². The van der Waals surface area contributed by atoms with E-state index in [1.807, 2.05) is 13.8 Å². The predicted molar refractivity (Wildman–Crippen MR) is 109 cm³/mol. The molecule has 2 rings (SSSR count). The highest BCUT2D eigenvalue weighted by atomic mass is 35.5. The number of aromatic nitrogens is 1. The Morgan fingerprint density at radius 2 is 1.77 bits per heavy atom. The third kappa shape index (κ3) is 7.56. The lowest BCUT2D eigenvalue weighted by Crippen LogP contribution is -2.25. The molecule has 0 amide bonds. The summed E-state index contributed by atoms with van der Waals surface area (Å²) < 4.78 is 59.0. The quantitative estimate of drug-likeness (QED) is 0.519. The molecule has 172 valence electrons. The van der Waals surface area contributed by atoms with Crippen molar-refractivity contribution >= 4 is 56.4 Å². The summed E-state index contributed by atoms with van der Waals surface area (Å²) in [7, 11) is -3.84. The molecule has 9 nitrogen and oxygen atoms in total. The van der Waals surface area contributed by atoms with Gasteiger partial charge in [0.05, 0.1) is 16.2 Å². The number of hydrogen-bond donors (Lipinski definition) is 3. The van der Waals surface area contributed by atoms with Crippen molar-refractivity contribution in [3.05, 3.63) is 34.3 Å². The minimum atomic E-state index is -5.08. The highest BCUT2D eigenvalue weighted by Crippen LogP contribution is 2.28. The van der Waals surface area contributed by atoms with Gasteiger partial charge in [0.15, 0.2) is 0 Å². The summed E-state index contributed by atoms with van der Waals surface area (Å²) in [6.07, 6.45) is -3.78. The van der Waals surface area contributed by atoms with Crippen LogP contribution in [0, 0.1) is 0 Å².